The highest BCUT2D eigenvalue weighted by Gasteiger charge is 2.08. The summed E-state index contributed by atoms with van der Waals surface area (Å²) in [6.45, 7) is 3.32. The van der Waals surface area contributed by atoms with E-state index in [4.69, 9.17) is 5.26 Å². The van der Waals surface area contributed by atoms with Gasteiger partial charge in [0.25, 0.3) is 0 Å². The molecule has 0 aliphatic heterocycles. The van der Waals surface area contributed by atoms with Crippen molar-refractivity contribution >= 4 is 21.7 Å². The number of halogens is 1. The van der Waals surface area contributed by atoms with Crippen molar-refractivity contribution in [3.05, 3.63) is 33.3 Å². The molecule has 0 aromatic heterocycles. The van der Waals surface area contributed by atoms with Crippen LogP contribution in [0.3, 0.4) is 0 Å². The standard InChI is InChI=1S/C10H8BrNO/c1-6-3-10(11)9(7(2)13)4-8(6)5-12/h3-4H,1-2H3. The van der Waals surface area contributed by atoms with Gasteiger partial charge in [-0.25, -0.2) is 0 Å². The van der Waals surface area contributed by atoms with Crippen LogP contribution < -0.4 is 0 Å². The van der Waals surface area contributed by atoms with E-state index in [1.165, 1.54) is 6.92 Å². The van der Waals surface area contributed by atoms with E-state index in [-0.39, 0.29) is 5.78 Å². The fourth-order valence-electron chi connectivity index (χ4n) is 1.06. The fraction of sp³-hybridized carbons (Fsp3) is 0.200. The van der Waals surface area contributed by atoms with E-state index < -0.39 is 0 Å². The van der Waals surface area contributed by atoms with Crippen LogP contribution in [0.2, 0.25) is 0 Å². The van der Waals surface area contributed by atoms with Crippen molar-refractivity contribution in [1.29, 1.82) is 5.26 Å². The molecule has 0 radical (unpaired) electrons. The Morgan fingerprint density at radius 1 is 1.54 bits per heavy atom. The molecule has 0 saturated carbocycles. The van der Waals surface area contributed by atoms with Gasteiger partial charge < -0.3 is 0 Å². The molecular formula is C10H8BrNO. The Morgan fingerprint density at radius 2 is 2.15 bits per heavy atom. The first-order chi connectivity index (χ1) is 6.06. The predicted molar refractivity (Wildman–Crippen MR) is 53.6 cm³/mol. The van der Waals surface area contributed by atoms with Gasteiger partial charge >= 0.3 is 0 Å². The summed E-state index contributed by atoms with van der Waals surface area (Å²) in [7, 11) is 0. The number of nitrogens with zero attached hydrogens (tertiary/aromatic N) is 1. The summed E-state index contributed by atoms with van der Waals surface area (Å²) in [5, 5.41) is 8.74. The van der Waals surface area contributed by atoms with Crippen LogP contribution in [-0.4, -0.2) is 5.78 Å². The van der Waals surface area contributed by atoms with Gasteiger partial charge in [-0.3, -0.25) is 4.79 Å². The Labute approximate surface area is 85.3 Å². The molecule has 66 valence electrons. The maximum Gasteiger partial charge on any atom is 0.160 e. The third-order valence-corrected chi connectivity index (χ3v) is 2.47. The number of carbonyl (C=O) groups excluding carboxylic acids is 1. The normalized spacial score (nSPS) is 9.38. The molecule has 13 heavy (non-hydrogen) atoms. The molecule has 0 saturated heterocycles. The number of nitriles is 1. The molecule has 0 bridgehead atoms. The minimum Gasteiger partial charge on any atom is -0.294 e. The summed E-state index contributed by atoms with van der Waals surface area (Å²) in [4.78, 5) is 11.1. The molecule has 0 amide bonds. The molecule has 0 aliphatic carbocycles. The third kappa shape index (κ3) is 1.96. The number of hydrogen-bond acceptors (Lipinski definition) is 2. The first kappa shape index (κ1) is 9.94. The van der Waals surface area contributed by atoms with E-state index in [1.807, 2.05) is 13.0 Å². The van der Waals surface area contributed by atoms with Crippen LogP contribution in [-0.2, 0) is 0 Å². The van der Waals surface area contributed by atoms with Crippen LogP contribution in [0.15, 0.2) is 16.6 Å². The molecule has 0 aliphatic rings. The Bertz CT molecular complexity index is 404. The zero-order chi connectivity index (χ0) is 10.0. The van der Waals surface area contributed by atoms with Crippen molar-refractivity contribution in [1.82, 2.24) is 0 Å². The second kappa shape index (κ2) is 3.71. The highest BCUT2D eigenvalue weighted by molar-refractivity contribution is 9.10. The summed E-state index contributed by atoms with van der Waals surface area (Å²) in [6, 6.07) is 5.44. The van der Waals surface area contributed by atoms with E-state index in [0.717, 1.165) is 10.0 Å². The Morgan fingerprint density at radius 3 is 2.62 bits per heavy atom. The Kier molecular flexibility index (Phi) is 2.84. The molecule has 0 spiro atoms. The van der Waals surface area contributed by atoms with Crippen molar-refractivity contribution in [2.75, 3.05) is 0 Å². The predicted octanol–water partition coefficient (Wildman–Crippen LogP) is 2.83. The van der Waals surface area contributed by atoms with Gasteiger partial charge in [0.2, 0.25) is 0 Å². The van der Waals surface area contributed by atoms with Gasteiger partial charge in [0.1, 0.15) is 0 Å². The lowest BCUT2D eigenvalue weighted by molar-refractivity contribution is 0.101. The summed E-state index contributed by atoms with van der Waals surface area (Å²) in [5.74, 6) is -0.0385. The van der Waals surface area contributed by atoms with Crippen molar-refractivity contribution in [2.45, 2.75) is 13.8 Å². The van der Waals surface area contributed by atoms with Crippen molar-refractivity contribution in [3.8, 4) is 6.07 Å². The van der Waals surface area contributed by atoms with E-state index in [9.17, 15) is 4.79 Å². The van der Waals surface area contributed by atoms with Crippen molar-refractivity contribution in [3.63, 3.8) is 0 Å². The van der Waals surface area contributed by atoms with Gasteiger partial charge in [0, 0.05) is 10.0 Å². The molecule has 0 N–H and O–H groups in total. The van der Waals surface area contributed by atoms with Gasteiger partial charge in [0.05, 0.1) is 11.6 Å². The number of ketones is 1. The fourth-order valence-corrected chi connectivity index (χ4v) is 1.80. The molecule has 1 rings (SSSR count). The lowest BCUT2D eigenvalue weighted by Crippen LogP contribution is -1.96. The molecule has 0 fully saturated rings. The largest absolute Gasteiger partial charge is 0.294 e. The number of hydrogen-bond donors (Lipinski definition) is 0. The van der Waals surface area contributed by atoms with E-state index >= 15 is 0 Å². The monoisotopic (exact) mass is 237 g/mol. The molecular weight excluding hydrogens is 230 g/mol. The van der Waals surface area contributed by atoms with E-state index in [0.29, 0.717) is 11.1 Å². The average Bonchev–Trinajstić information content (AvgIpc) is 2.03. The lowest BCUT2D eigenvalue weighted by Gasteiger charge is -2.03. The number of carbonyl (C=O) groups is 1. The molecule has 0 heterocycles. The lowest BCUT2D eigenvalue weighted by atomic mass is 10.0. The van der Waals surface area contributed by atoms with Crippen LogP contribution in [0, 0.1) is 18.3 Å². The Hall–Kier alpha value is -1.14. The van der Waals surface area contributed by atoms with Gasteiger partial charge in [-0.2, -0.15) is 5.26 Å². The van der Waals surface area contributed by atoms with Crippen LogP contribution in [0.1, 0.15) is 28.4 Å². The summed E-state index contributed by atoms with van der Waals surface area (Å²) >= 11 is 3.28. The van der Waals surface area contributed by atoms with Crippen molar-refractivity contribution in [2.24, 2.45) is 0 Å². The maximum absolute atomic E-state index is 11.1. The number of Topliss-reactive ketones (excluding diaryl/α,β-unsaturated/α-hetero) is 1. The molecule has 1 aromatic rings. The van der Waals surface area contributed by atoms with Gasteiger partial charge in [-0.05, 0) is 31.5 Å². The van der Waals surface area contributed by atoms with E-state index in [1.54, 1.807) is 12.1 Å². The Balaban J connectivity index is 3.41. The topological polar surface area (TPSA) is 40.9 Å². The van der Waals surface area contributed by atoms with E-state index in [2.05, 4.69) is 15.9 Å². The first-order valence-corrected chi connectivity index (χ1v) is 4.56. The number of rotatable bonds is 1. The minimum atomic E-state index is -0.0385. The zero-order valence-electron chi connectivity index (χ0n) is 7.39. The van der Waals surface area contributed by atoms with Crippen LogP contribution in [0.4, 0.5) is 0 Å². The van der Waals surface area contributed by atoms with Crippen LogP contribution in [0.25, 0.3) is 0 Å². The quantitative estimate of drug-likeness (QED) is 0.706. The molecule has 0 atom stereocenters. The zero-order valence-corrected chi connectivity index (χ0v) is 8.97. The highest BCUT2D eigenvalue weighted by atomic mass is 79.9. The smallest absolute Gasteiger partial charge is 0.160 e. The second-order valence-electron chi connectivity index (χ2n) is 2.81. The van der Waals surface area contributed by atoms with Crippen molar-refractivity contribution < 1.29 is 4.79 Å². The summed E-state index contributed by atoms with van der Waals surface area (Å²) in [5.41, 5.74) is 1.98. The summed E-state index contributed by atoms with van der Waals surface area (Å²) in [6.07, 6.45) is 0. The number of benzene rings is 1. The van der Waals surface area contributed by atoms with Gasteiger partial charge in [-0.1, -0.05) is 15.9 Å². The first-order valence-electron chi connectivity index (χ1n) is 3.77. The van der Waals surface area contributed by atoms with Crippen LogP contribution >= 0.6 is 15.9 Å². The molecule has 2 nitrogen and oxygen atoms in total. The maximum atomic E-state index is 11.1. The average molecular weight is 238 g/mol. The second-order valence-corrected chi connectivity index (χ2v) is 3.67. The highest BCUT2D eigenvalue weighted by Crippen LogP contribution is 2.21. The number of aryl methyl sites for hydroxylation is 1. The minimum absolute atomic E-state index is 0.0385. The third-order valence-electron chi connectivity index (χ3n) is 1.81. The SMILES string of the molecule is CC(=O)c1cc(C#N)c(C)cc1Br. The molecule has 0 unspecified atom stereocenters. The summed E-state index contributed by atoms with van der Waals surface area (Å²) < 4.78 is 0.747. The van der Waals surface area contributed by atoms with Gasteiger partial charge in [-0.15, -0.1) is 0 Å². The molecule has 1 aromatic carbocycles. The van der Waals surface area contributed by atoms with Crippen LogP contribution in [0.5, 0.6) is 0 Å². The molecule has 3 heteroatoms. The van der Waals surface area contributed by atoms with Gasteiger partial charge in [0.15, 0.2) is 5.78 Å².